The summed E-state index contributed by atoms with van der Waals surface area (Å²) < 4.78 is 4.81. The number of fused-ring (bicyclic) bond motifs is 9. The van der Waals surface area contributed by atoms with Gasteiger partial charge in [0.15, 0.2) is 0 Å². The summed E-state index contributed by atoms with van der Waals surface area (Å²) in [5.41, 5.74) is 23.6. The number of para-hydroxylation sites is 6. The number of aromatic amines is 1. The van der Waals surface area contributed by atoms with Gasteiger partial charge in [0.2, 0.25) is 0 Å². The van der Waals surface area contributed by atoms with E-state index in [2.05, 4.69) is 330 Å². The molecule has 3 heterocycles. The Kier molecular flexibility index (Phi) is 11.9. The number of rotatable bonds is 8. The van der Waals surface area contributed by atoms with Crippen molar-refractivity contribution in [3.05, 3.63) is 315 Å². The lowest BCUT2D eigenvalue weighted by Gasteiger charge is -2.29. The maximum absolute atomic E-state index is 3.38. The third-order valence-electron chi connectivity index (χ3n) is 16.2. The van der Waals surface area contributed by atoms with Crippen molar-refractivity contribution in [3.63, 3.8) is 0 Å². The molecule has 0 saturated carbocycles. The van der Waals surface area contributed by atoms with Crippen LogP contribution in [0, 0.1) is 0 Å². The van der Waals surface area contributed by atoms with Crippen molar-refractivity contribution in [3.8, 4) is 78.1 Å². The van der Waals surface area contributed by atoms with Crippen LogP contribution in [0.25, 0.3) is 144 Å². The predicted molar refractivity (Wildman–Crippen MR) is 344 cm³/mol. The Labute approximate surface area is 470 Å². The van der Waals surface area contributed by atoms with E-state index in [1.165, 1.54) is 98.8 Å². The van der Waals surface area contributed by atoms with Gasteiger partial charge >= 0.3 is 0 Å². The number of benzene rings is 13. The average molecular weight is 1030 g/mol. The molecule has 0 aliphatic heterocycles. The van der Waals surface area contributed by atoms with Crippen LogP contribution in [0.2, 0.25) is 0 Å². The topological polar surface area (TPSA) is 25.6 Å². The lowest BCUT2D eigenvalue weighted by atomic mass is 9.74. The minimum atomic E-state index is 1.13. The second-order valence-corrected chi connectivity index (χ2v) is 20.8. The summed E-state index contributed by atoms with van der Waals surface area (Å²) in [4.78, 5) is 3.38. The molecule has 13 aromatic carbocycles. The fraction of sp³-hybridized carbons (Fsp3) is 0. The summed E-state index contributed by atoms with van der Waals surface area (Å²) in [6, 6.07) is 114. The van der Waals surface area contributed by atoms with Crippen LogP contribution < -0.4 is 0 Å². The summed E-state index contributed by atoms with van der Waals surface area (Å²) >= 11 is 0. The van der Waals surface area contributed by atoms with Gasteiger partial charge in [0.05, 0.1) is 22.1 Å². The standard InChI is InChI=1S/C66H44N2.C12H9N/c1-5-21-45(22-6-1)61-62(46-23-7-2-8-24-46)66(50-39-43-52(44-40-50)68-59-35-19-15-31-55(59)56-32-16-20-36-60(56)68)64(48-27-11-4-12-28-48)63(47-25-9-3-10-26-47)65(61)49-37-41-51(42-38-49)67-57-33-17-13-29-53(57)54-30-14-18-34-58(54)67;1-3-7-11-9(5-1)10-6-2-4-8-12(10)13-11/h1-44H;1-8,13H. The molecular formula is C78H53N3. The van der Waals surface area contributed by atoms with Crippen LogP contribution in [0.3, 0.4) is 0 Å². The third-order valence-corrected chi connectivity index (χ3v) is 16.2. The van der Waals surface area contributed by atoms with Crippen LogP contribution in [-0.4, -0.2) is 14.1 Å². The van der Waals surface area contributed by atoms with Gasteiger partial charge in [-0.2, -0.15) is 0 Å². The lowest BCUT2D eigenvalue weighted by Crippen LogP contribution is -2.02. The zero-order valence-electron chi connectivity index (χ0n) is 44.4. The Hall–Kier alpha value is -10.7. The molecular weight excluding hydrogens is 979 g/mol. The molecule has 0 aliphatic carbocycles. The van der Waals surface area contributed by atoms with E-state index < -0.39 is 0 Å². The lowest BCUT2D eigenvalue weighted by molar-refractivity contribution is 1.18. The van der Waals surface area contributed by atoms with Gasteiger partial charge in [0.1, 0.15) is 0 Å². The molecule has 0 unspecified atom stereocenters. The Morgan fingerprint density at radius 1 is 0.173 bits per heavy atom. The Bertz CT molecular complexity index is 4410. The van der Waals surface area contributed by atoms with Crippen molar-refractivity contribution in [2.45, 2.75) is 0 Å². The quantitative estimate of drug-likeness (QED) is 0.157. The van der Waals surface area contributed by atoms with E-state index in [9.17, 15) is 0 Å². The van der Waals surface area contributed by atoms with E-state index in [0.717, 1.165) is 44.8 Å². The van der Waals surface area contributed by atoms with E-state index in [-0.39, 0.29) is 0 Å². The second-order valence-electron chi connectivity index (χ2n) is 20.8. The molecule has 16 aromatic rings. The second kappa shape index (κ2) is 20.2. The van der Waals surface area contributed by atoms with Crippen LogP contribution in [-0.2, 0) is 0 Å². The molecule has 0 fully saturated rings. The molecule has 0 aliphatic rings. The molecule has 0 spiro atoms. The maximum Gasteiger partial charge on any atom is 0.0541 e. The van der Waals surface area contributed by atoms with Gasteiger partial charge in [-0.25, -0.2) is 0 Å². The summed E-state index contributed by atoms with van der Waals surface area (Å²) in [5.74, 6) is 0. The zero-order valence-corrected chi connectivity index (χ0v) is 44.4. The van der Waals surface area contributed by atoms with Crippen molar-refractivity contribution in [2.24, 2.45) is 0 Å². The molecule has 3 heteroatoms. The zero-order chi connectivity index (χ0) is 53.6. The molecule has 3 aromatic heterocycles. The highest BCUT2D eigenvalue weighted by Gasteiger charge is 2.29. The summed E-state index contributed by atoms with van der Waals surface area (Å²) in [7, 11) is 0. The van der Waals surface area contributed by atoms with E-state index >= 15 is 0 Å². The van der Waals surface area contributed by atoms with Crippen LogP contribution >= 0.6 is 0 Å². The highest BCUT2D eigenvalue weighted by Crippen LogP contribution is 2.56. The monoisotopic (exact) mass is 1030 g/mol. The fourth-order valence-electron chi connectivity index (χ4n) is 12.7. The largest absolute Gasteiger partial charge is 0.355 e. The predicted octanol–water partition coefficient (Wildman–Crippen LogP) is 21.2. The highest BCUT2D eigenvalue weighted by molar-refractivity contribution is 6.16. The molecule has 16 rings (SSSR count). The highest BCUT2D eigenvalue weighted by atomic mass is 15.0. The first-order valence-corrected chi connectivity index (χ1v) is 27.8. The van der Waals surface area contributed by atoms with Gasteiger partial charge < -0.3 is 14.1 Å². The number of hydrogen-bond acceptors (Lipinski definition) is 0. The molecule has 0 atom stereocenters. The molecule has 3 nitrogen and oxygen atoms in total. The number of H-pyrrole nitrogens is 1. The Morgan fingerprint density at radius 3 is 0.654 bits per heavy atom. The molecule has 0 saturated heterocycles. The smallest absolute Gasteiger partial charge is 0.0541 e. The van der Waals surface area contributed by atoms with Gasteiger partial charge in [-0.15, -0.1) is 0 Å². The van der Waals surface area contributed by atoms with E-state index in [1.54, 1.807) is 0 Å². The minimum absolute atomic E-state index is 1.13. The SMILES string of the molecule is c1ccc(-c2c(-c3ccccc3)c(-c3ccc(-n4c5ccccc5c5ccccc54)cc3)c(-c3ccccc3)c(-c3ccccc3)c2-c2ccc(-n3c4ccccc4c4ccccc43)cc2)cc1.c1ccc2c(c1)[nH]c1ccccc12. The maximum atomic E-state index is 3.38. The van der Waals surface area contributed by atoms with Gasteiger partial charge in [-0.1, -0.05) is 255 Å². The first-order valence-electron chi connectivity index (χ1n) is 27.8. The van der Waals surface area contributed by atoms with E-state index in [4.69, 9.17) is 0 Å². The van der Waals surface area contributed by atoms with E-state index in [0.29, 0.717) is 0 Å². The van der Waals surface area contributed by atoms with Crippen molar-refractivity contribution in [1.82, 2.24) is 14.1 Å². The van der Waals surface area contributed by atoms with Crippen LogP contribution in [0.15, 0.2) is 315 Å². The van der Waals surface area contributed by atoms with Crippen LogP contribution in [0.5, 0.6) is 0 Å². The van der Waals surface area contributed by atoms with Crippen molar-refractivity contribution in [2.75, 3.05) is 0 Å². The minimum Gasteiger partial charge on any atom is -0.355 e. The summed E-state index contributed by atoms with van der Waals surface area (Å²) in [5, 5.41) is 7.62. The van der Waals surface area contributed by atoms with Gasteiger partial charge in [-0.05, 0) is 127 Å². The molecule has 0 radical (unpaired) electrons. The molecule has 1 N–H and O–H groups in total. The normalized spacial score (nSPS) is 11.5. The van der Waals surface area contributed by atoms with Crippen LogP contribution in [0.4, 0.5) is 0 Å². The Balaban J connectivity index is 0.000000378. The Morgan fingerprint density at radius 2 is 0.383 bits per heavy atom. The third kappa shape index (κ3) is 8.22. The number of aromatic nitrogens is 3. The van der Waals surface area contributed by atoms with Crippen LogP contribution in [0.1, 0.15) is 0 Å². The first kappa shape index (κ1) is 47.5. The molecule has 0 bridgehead atoms. The molecule has 81 heavy (non-hydrogen) atoms. The molecule has 380 valence electrons. The first-order chi connectivity index (χ1) is 40.2. The fourth-order valence-corrected chi connectivity index (χ4v) is 12.7. The number of hydrogen-bond donors (Lipinski definition) is 1. The summed E-state index contributed by atoms with van der Waals surface area (Å²) in [6.45, 7) is 0. The number of nitrogens with one attached hydrogen (secondary N) is 1. The molecule has 0 amide bonds. The van der Waals surface area contributed by atoms with Crippen molar-refractivity contribution in [1.29, 1.82) is 0 Å². The van der Waals surface area contributed by atoms with Gasteiger partial charge in [-0.3, -0.25) is 0 Å². The van der Waals surface area contributed by atoms with Gasteiger partial charge in [0, 0.05) is 54.7 Å². The van der Waals surface area contributed by atoms with E-state index in [1.807, 2.05) is 0 Å². The average Bonchev–Trinajstić information content (AvgIpc) is 4.28. The summed E-state index contributed by atoms with van der Waals surface area (Å²) in [6.07, 6.45) is 0. The van der Waals surface area contributed by atoms with Crippen molar-refractivity contribution >= 4 is 65.4 Å². The van der Waals surface area contributed by atoms with Gasteiger partial charge in [0.25, 0.3) is 0 Å². The number of nitrogens with zero attached hydrogens (tertiary/aromatic N) is 2. The van der Waals surface area contributed by atoms with Crippen molar-refractivity contribution < 1.29 is 0 Å².